The predicted octanol–water partition coefficient (Wildman–Crippen LogP) is 1.93. The van der Waals surface area contributed by atoms with Crippen LogP contribution < -0.4 is 5.11 Å². The van der Waals surface area contributed by atoms with Crippen LogP contribution in [0.3, 0.4) is 0 Å². The van der Waals surface area contributed by atoms with Gasteiger partial charge in [0.05, 0.1) is 0 Å². The maximum Gasteiger partial charge on any atom is 0.195 e. The van der Waals surface area contributed by atoms with Gasteiger partial charge in [-0.3, -0.25) is 14.6 Å². The summed E-state index contributed by atoms with van der Waals surface area (Å²) in [6.45, 7) is 0.394. The van der Waals surface area contributed by atoms with E-state index >= 15 is 0 Å². The number of hydrogen-bond donors (Lipinski definition) is 1. The molecule has 0 unspecified atom stereocenters. The van der Waals surface area contributed by atoms with Crippen LogP contribution in [0.2, 0.25) is 0 Å². The highest BCUT2D eigenvalue weighted by Crippen LogP contribution is 2.25. The van der Waals surface area contributed by atoms with E-state index in [0.29, 0.717) is 17.1 Å². The Kier molecular flexibility index (Phi) is 4.81. The van der Waals surface area contributed by atoms with Gasteiger partial charge in [-0.2, -0.15) is 5.10 Å². The molecule has 0 radical (unpaired) electrons. The molecule has 1 N–H and O–H groups in total. The molecular formula is C17H15N4O2S-. The lowest BCUT2D eigenvalue weighted by atomic mass is 9.95. The van der Waals surface area contributed by atoms with Crippen LogP contribution in [0.1, 0.15) is 17.9 Å². The summed E-state index contributed by atoms with van der Waals surface area (Å²) in [4.78, 5) is 15.2. The van der Waals surface area contributed by atoms with Crippen LogP contribution in [0.25, 0.3) is 11.4 Å². The second-order valence-electron chi connectivity index (χ2n) is 5.38. The number of pyridine rings is 1. The minimum absolute atomic E-state index is 0.0905. The molecule has 0 spiro atoms. The molecule has 7 heteroatoms. The second-order valence-corrected chi connectivity index (χ2v) is 5.77. The Morgan fingerprint density at radius 3 is 2.58 bits per heavy atom. The first-order chi connectivity index (χ1) is 11.6. The Hall–Kier alpha value is -2.80. The van der Waals surface area contributed by atoms with Crippen molar-refractivity contribution in [2.45, 2.75) is 18.9 Å². The fraction of sp³-hybridized carbons (Fsp3) is 0.176. The van der Waals surface area contributed by atoms with Gasteiger partial charge in [-0.25, -0.2) is 0 Å². The van der Waals surface area contributed by atoms with Crippen LogP contribution in [0.4, 0.5) is 0 Å². The first-order valence-corrected chi connectivity index (χ1v) is 7.86. The second kappa shape index (κ2) is 7.18. The first kappa shape index (κ1) is 16.1. The molecular weight excluding hydrogens is 324 g/mol. The summed E-state index contributed by atoms with van der Waals surface area (Å²) in [5, 5.41) is 18.2. The molecule has 2 heterocycles. The molecule has 6 nitrogen and oxygen atoms in total. The SMILES string of the molecule is O=C([O-])C[C@@H](Cn1c(-c2ccncc2)n[nH]c1=S)c1ccccc1. The van der Waals surface area contributed by atoms with E-state index in [4.69, 9.17) is 12.2 Å². The molecule has 122 valence electrons. The number of carboxylic acid groups (broad SMARTS) is 1. The number of nitrogens with zero attached hydrogens (tertiary/aromatic N) is 3. The molecule has 0 aliphatic heterocycles. The van der Waals surface area contributed by atoms with Gasteiger partial charge in [0.25, 0.3) is 0 Å². The van der Waals surface area contributed by atoms with Crippen LogP contribution in [0, 0.1) is 4.77 Å². The van der Waals surface area contributed by atoms with Gasteiger partial charge >= 0.3 is 0 Å². The van der Waals surface area contributed by atoms with Crippen LogP contribution in [-0.4, -0.2) is 25.7 Å². The number of nitrogens with one attached hydrogen (secondary N) is 1. The number of H-pyrrole nitrogens is 1. The van der Waals surface area contributed by atoms with Crippen molar-refractivity contribution in [3.05, 3.63) is 65.2 Å². The Morgan fingerprint density at radius 1 is 1.21 bits per heavy atom. The number of aromatic nitrogens is 4. The molecule has 0 amide bonds. The average Bonchev–Trinajstić information content (AvgIpc) is 2.96. The van der Waals surface area contributed by atoms with Crippen LogP contribution in [0.5, 0.6) is 0 Å². The van der Waals surface area contributed by atoms with Gasteiger partial charge in [-0.1, -0.05) is 30.3 Å². The molecule has 0 saturated carbocycles. The Labute approximate surface area is 143 Å². The molecule has 0 aliphatic rings. The van der Waals surface area contributed by atoms with Crippen molar-refractivity contribution < 1.29 is 9.90 Å². The fourth-order valence-electron chi connectivity index (χ4n) is 2.64. The summed E-state index contributed by atoms with van der Waals surface area (Å²) in [6.07, 6.45) is 3.26. The predicted molar refractivity (Wildman–Crippen MR) is 89.4 cm³/mol. The van der Waals surface area contributed by atoms with E-state index in [0.717, 1.165) is 11.1 Å². The van der Waals surface area contributed by atoms with Crippen LogP contribution in [0.15, 0.2) is 54.9 Å². The van der Waals surface area contributed by atoms with Crippen molar-refractivity contribution in [1.29, 1.82) is 0 Å². The zero-order valence-electron chi connectivity index (χ0n) is 12.8. The van der Waals surface area contributed by atoms with Crippen molar-refractivity contribution >= 4 is 18.2 Å². The largest absolute Gasteiger partial charge is 0.550 e. The summed E-state index contributed by atoms with van der Waals surface area (Å²) in [5.74, 6) is -0.702. The number of hydrogen-bond acceptors (Lipinski definition) is 5. The van der Waals surface area contributed by atoms with Crippen molar-refractivity contribution in [2.75, 3.05) is 0 Å². The molecule has 0 fully saturated rings. The maximum absolute atomic E-state index is 11.2. The van der Waals surface area contributed by atoms with Crippen molar-refractivity contribution in [3.63, 3.8) is 0 Å². The summed E-state index contributed by atoms with van der Waals surface area (Å²) < 4.78 is 2.26. The number of aromatic amines is 1. The fourth-order valence-corrected chi connectivity index (χ4v) is 2.85. The van der Waals surface area contributed by atoms with Crippen LogP contribution in [-0.2, 0) is 11.3 Å². The van der Waals surface area contributed by atoms with E-state index in [2.05, 4.69) is 15.2 Å². The number of rotatable bonds is 6. The van der Waals surface area contributed by atoms with Gasteiger partial charge in [0.1, 0.15) is 0 Å². The highest BCUT2D eigenvalue weighted by atomic mass is 32.1. The van der Waals surface area contributed by atoms with Gasteiger partial charge < -0.3 is 9.90 Å². The number of aliphatic carboxylic acids is 1. The number of carbonyl (C=O) groups excluding carboxylic acids is 1. The monoisotopic (exact) mass is 339 g/mol. The zero-order chi connectivity index (χ0) is 16.9. The van der Waals surface area contributed by atoms with E-state index in [1.807, 2.05) is 47.0 Å². The molecule has 24 heavy (non-hydrogen) atoms. The summed E-state index contributed by atoms with van der Waals surface area (Å²) in [5.41, 5.74) is 1.78. The number of carboxylic acids is 1. The van der Waals surface area contributed by atoms with E-state index in [-0.39, 0.29) is 12.3 Å². The van der Waals surface area contributed by atoms with Crippen molar-refractivity contribution in [3.8, 4) is 11.4 Å². The van der Waals surface area contributed by atoms with Gasteiger partial charge in [-0.15, -0.1) is 0 Å². The zero-order valence-corrected chi connectivity index (χ0v) is 13.6. The Balaban J connectivity index is 1.98. The lowest BCUT2D eigenvalue weighted by molar-refractivity contribution is -0.306. The van der Waals surface area contributed by atoms with E-state index < -0.39 is 5.97 Å². The van der Waals surface area contributed by atoms with E-state index in [9.17, 15) is 9.90 Å². The standard InChI is InChI=1S/C17H16N4O2S/c22-15(23)10-14(12-4-2-1-3-5-12)11-21-16(19-20-17(21)24)13-6-8-18-9-7-13/h1-9,14H,10-11H2,(H,20,24)(H,22,23)/p-1/t14-/m0/s1. The quantitative estimate of drug-likeness (QED) is 0.694. The third kappa shape index (κ3) is 3.57. The van der Waals surface area contributed by atoms with Gasteiger partial charge in [0.2, 0.25) is 0 Å². The van der Waals surface area contributed by atoms with E-state index in [1.54, 1.807) is 12.4 Å². The number of benzene rings is 1. The molecule has 0 aliphatic carbocycles. The molecule has 3 rings (SSSR count). The molecule has 3 aromatic rings. The molecule has 1 atom stereocenters. The lowest BCUT2D eigenvalue weighted by Crippen LogP contribution is -2.26. The highest BCUT2D eigenvalue weighted by molar-refractivity contribution is 7.71. The molecule has 0 bridgehead atoms. The van der Waals surface area contributed by atoms with Crippen molar-refractivity contribution in [2.24, 2.45) is 0 Å². The minimum atomic E-state index is -1.09. The maximum atomic E-state index is 11.2. The molecule has 1 aromatic carbocycles. The topological polar surface area (TPSA) is 86.6 Å². The van der Waals surface area contributed by atoms with E-state index in [1.165, 1.54) is 0 Å². The molecule has 0 saturated heterocycles. The minimum Gasteiger partial charge on any atom is -0.550 e. The van der Waals surface area contributed by atoms with Crippen LogP contribution >= 0.6 is 12.2 Å². The third-order valence-electron chi connectivity index (χ3n) is 3.78. The lowest BCUT2D eigenvalue weighted by Gasteiger charge is -2.19. The molecule has 2 aromatic heterocycles. The average molecular weight is 339 g/mol. The summed E-state index contributed by atoms with van der Waals surface area (Å²) >= 11 is 5.32. The van der Waals surface area contributed by atoms with Gasteiger partial charge in [0.15, 0.2) is 10.6 Å². The van der Waals surface area contributed by atoms with Crippen molar-refractivity contribution in [1.82, 2.24) is 19.7 Å². The smallest absolute Gasteiger partial charge is 0.195 e. The summed E-state index contributed by atoms with van der Waals surface area (Å²) in [6, 6.07) is 13.1. The first-order valence-electron chi connectivity index (χ1n) is 7.45. The normalized spacial score (nSPS) is 12.0. The highest BCUT2D eigenvalue weighted by Gasteiger charge is 2.17. The Bertz CT molecular complexity index is 874. The Morgan fingerprint density at radius 2 is 1.92 bits per heavy atom. The van der Waals surface area contributed by atoms with Gasteiger partial charge in [-0.05, 0) is 36.3 Å². The summed E-state index contributed by atoms with van der Waals surface area (Å²) in [7, 11) is 0. The van der Waals surface area contributed by atoms with Gasteiger partial charge in [0, 0.05) is 36.4 Å². The number of carbonyl (C=O) groups is 1. The third-order valence-corrected chi connectivity index (χ3v) is 4.10.